The number of hydrogen-bond donors (Lipinski definition) is 1. The lowest BCUT2D eigenvalue weighted by Crippen LogP contribution is -2.53. The van der Waals surface area contributed by atoms with Crippen molar-refractivity contribution in [1.29, 1.82) is 5.26 Å². The summed E-state index contributed by atoms with van der Waals surface area (Å²) in [5.41, 5.74) is 1.000. The minimum absolute atomic E-state index is 0.0369. The van der Waals surface area contributed by atoms with Crippen LogP contribution < -0.4 is 5.32 Å². The minimum Gasteiger partial charge on any atom is -0.313 e. The summed E-state index contributed by atoms with van der Waals surface area (Å²) in [6.45, 7) is 3.26. The van der Waals surface area contributed by atoms with Crippen molar-refractivity contribution in [3.8, 4) is 6.07 Å². The van der Waals surface area contributed by atoms with Gasteiger partial charge in [0.05, 0.1) is 11.8 Å². The van der Waals surface area contributed by atoms with Crippen molar-refractivity contribution in [2.45, 2.75) is 18.9 Å². The van der Waals surface area contributed by atoms with Gasteiger partial charge in [0.1, 0.15) is 6.04 Å². The first-order valence-electron chi connectivity index (χ1n) is 6.69. The van der Waals surface area contributed by atoms with Crippen LogP contribution in [0.4, 0.5) is 0 Å². The van der Waals surface area contributed by atoms with Gasteiger partial charge in [-0.15, -0.1) is 0 Å². The van der Waals surface area contributed by atoms with Gasteiger partial charge in [-0.25, -0.2) is 8.42 Å². The van der Waals surface area contributed by atoms with E-state index in [1.54, 1.807) is 0 Å². The van der Waals surface area contributed by atoms with Crippen LogP contribution in [0.15, 0.2) is 30.3 Å². The first-order chi connectivity index (χ1) is 9.54. The molecule has 20 heavy (non-hydrogen) atoms. The highest BCUT2D eigenvalue weighted by Gasteiger charge is 2.33. The molecule has 1 N–H and O–H groups in total. The number of nitriles is 1. The molecule has 0 saturated carbocycles. The van der Waals surface area contributed by atoms with Crippen LogP contribution in [0.25, 0.3) is 0 Å². The van der Waals surface area contributed by atoms with Gasteiger partial charge in [0.25, 0.3) is 0 Å². The van der Waals surface area contributed by atoms with Crippen LogP contribution in [0, 0.1) is 11.3 Å². The topological polar surface area (TPSA) is 73.2 Å². The van der Waals surface area contributed by atoms with Gasteiger partial charge in [0, 0.05) is 19.6 Å². The molecule has 1 aliphatic rings. The molecule has 0 radical (unpaired) electrons. The van der Waals surface area contributed by atoms with Gasteiger partial charge in [-0.2, -0.15) is 9.57 Å². The van der Waals surface area contributed by atoms with Crippen LogP contribution in [-0.2, 0) is 10.0 Å². The molecule has 5 nitrogen and oxygen atoms in total. The molecule has 0 aromatic heterocycles. The molecule has 0 amide bonds. The third-order valence-corrected chi connectivity index (χ3v) is 5.60. The average molecular weight is 293 g/mol. The van der Waals surface area contributed by atoms with Crippen LogP contribution in [0.1, 0.15) is 18.4 Å². The average Bonchev–Trinajstić information content (AvgIpc) is 2.47. The number of hydrogen-bond acceptors (Lipinski definition) is 4. The quantitative estimate of drug-likeness (QED) is 0.896. The molecule has 0 aliphatic carbocycles. The lowest BCUT2D eigenvalue weighted by molar-refractivity contribution is 0.311. The number of sulfonamides is 1. The SMILES string of the molecule is CC(CS(=O)(=O)N1CCNCC1C#N)c1ccccc1. The van der Waals surface area contributed by atoms with Crippen LogP contribution in [0.5, 0.6) is 0 Å². The third-order valence-electron chi connectivity index (χ3n) is 3.53. The fourth-order valence-electron chi connectivity index (χ4n) is 2.42. The summed E-state index contributed by atoms with van der Waals surface area (Å²) < 4.78 is 26.3. The fourth-order valence-corrected chi connectivity index (χ4v) is 4.31. The standard InChI is InChI=1S/C14H19N3O2S/c1-12(13-5-3-2-4-6-13)11-20(18,19)17-8-7-16-10-14(17)9-15/h2-6,12,14,16H,7-8,10-11H2,1H3. The molecule has 1 aliphatic heterocycles. The van der Waals surface area contributed by atoms with Gasteiger partial charge < -0.3 is 5.32 Å². The van der Waals surface area contributed by atoms with E-state index in [-0.39, 0.29) is 11.7 Å². The highest BCUT2D eigenvalue weighted by Crippen LogP contribution is 2.20. The molecule has 1 fully saturated rings. The summed E-state index contributed by atoms with van der Waals surface area (Å²) in [6.07, 6.45) is 0. The summed E-state index contributed by atoms with van der Waals surface area (Å²) in [4.78, 5) is 0. The Morgan fingerprint density at radius 1 is 1.45 bits per heavy atom. The highest BCUT2D eigenvalue weighted by atomic mass is 32.2. The zero-order valence-electron chi connectivity index (χ0n) is 11.5. The number of nitrogens with one attached hydrogen (secondary N) is 1. The van der Waals surface area contributed by atoms with E-state index in [9.17, 15) is 8.42 Å². The van der Waals surface area contributed by atoms with E-state index in [2.05, 4.69) is 11.4 Å². The van der Waals surface area contributed by atoms with Crippen molar-refractivity contribution in [3.05, 3.63) is 35.9 Å². The van der Waals surface area contributed by atoms with Gasteiger partial charge in [-0.3, -0.25) is 0 Å². The zero-order valence-corrected chi connectivity index (χ0v) is 12.3. The fraction of sp³-hybridized carbons (Fsp3) is 0.500. The molecule has 6 heteroatoms. The molecule has 108 valence electrons. The molecule has 0 bridgehead atoms. The molecule has 1 aromatic carbocycles. The Kier molecular flexibility index (Phi) is 4.76. The summed E-state index contributed by atoms with van der Waals surface area (Å²) in [7, 11) is -3.42. The van der Waals surface area contributed by atoms with Crippen molar-refractivity contribution in [2.24, 2.45) is 0 Å². The van der Waals surface area contributed by atoms with E-state index in [1.165, 1.54) is 4.31 Å². The third kappa shape index (κ3) is 3.37. The summed E-state index contributed by atoms with van der Waals surface area (Å²) in [5.74, 6) is -0.0507. The van der Waals surface area contributed by atoms with Crippen molar-refractivity contribution in [2.75, 3.05) is 25.4 Å². The molecule has 1 aromatic rings. The Balaban J connectivity index is 2.13. The van der Waals surface area contributed by atoms with Crippen molar-refractivity contribution >= 4 is 10.0 Å². The Hall–Kier alpha value is -1.42. The van der Waals surface area contributed by atoms with Gasteiger partial charge in [0.2, 0.25) is 10.0 Å². The molecule has 2 atom stereocenters. The predicted molar refractivity (Wildman–Crippen MR) is 77.6 cm³/mol. The smallest absolute Gasteiger partial charge is 0.215 e. The second kappa shape index (κ2) is 6.35. The van der Waals surface area contributed by atoms with E-state index in [0.717, 1.165) is 5.56 Å². The predicted octanol–water partition coefficient (Wildman–Crippen LogP) is 0.917. The van der Waals surface area contributed by atoms with E-state index < -0.39 is 16.1 Å². The first-order valence-corrected chi connectivity index (χ1v) is 8.30. The summed E-state index contributed by atoms with van der Waals surface area (Å²) in [5, 5.41) is 12.1. The Labute approximate surface area is 120 Å². The highest BCUT2D eigenvalue weighted by molar-refractivity contribution is 7.89. The van der Waals surface area contributed by atoms with Crippen LogP contribution in [0.2, 0.25) is 0 Å². The van der Waals surface area contributed by atoms with E-state index >= 15 is 0 Å². The molecule has 1 saturated heterocycles. The van der Waals surface area contributed by atoms with Gasteiger partial charge in [0.15, 0.2) is 0 Å². The molecule has 0 spiro atoms. The first kappa shape index (κ1) is 15.0. The Bertz CT molecular complexity index is 580. The van der Waals surface area contributed by atoms with Gasteiger partial charge >= 0.3 is 0 Å². The second-order valence-electron chi connectivity index (χ2n) is 5.05. The maximum absolute atomic E-state index is 12.5. The monoisotopic (exact) mass is 293 g/mol. The van der Waals surface area contributed by atoms with Crippen LogP contribution in [-0.4, -0.2) is 44.2 Å². The van der Waals surface area contributed by atoms with Gasteiger partial charge in [-0.1, -0.05) is 37.3 Å². The number of rotatable bonds is 4. The largest absolute Gasteiger partial charge is 0.313 e. The second-order valence-corrected chi connectivity index (χ2v) is 7.02. The normalized spacial score (nSPS) is 22.1. The summed E-state index contributed by atoms with van der Waals surface area (Å²) >= 11 is 0. The van der Waals surface area contributed by atoms with Crippen LogP contribution in [0.3, 0.4) is 0 Å². The molecule has 2 rings (SSSR count). The van der Waals surface area contributed by atoms with Crippen molar-refractivity contribution < 1.29 is 8.42 Å². The molecule has 1 heterocycles. The number of benzene rings is 1. The van der Waals surface area contributed by atoms with Crippen molar-refractivity contribution in [3.63, 3.8) is 0 Å². The zero-order chi connectivity index (χ0) is 14.6. The van der Waals surface area contributed by atoms with E-state index in [4.69, 9.17) is 5.26 Å². The maximum Gasteiger partial charge on any atom is 0.215 e. The van der Waals surface area contributed by atoms with Gasteiger partial charge in [-0.05, 0) is 11.5 Å². The Morgan fingerprint density at radius 2 is 2.15 bits per heavy atom. The number of nitrogens with zero attached hydrogens (tertiary/aromatic N) is 2. The lowest BCUT2D eigenvalue weighted by Gasteiger charge is -2.31. The van der Waals surface area contributed by atoms with E-state index in [0.29, 0.717) is 19.6 Å². The van der Waals surface area contributed by atoms with Crippen LogP contribution >= 0.6 is 0 Å². The summed E-state index contributed by atoms with van der Waals surface area (Å²) in [6, 6.07) is 11.0. The van der Waals surface area contributed by atoms with E-state index in [1.807, 2.05) is 37.3 Å². The number of piperazine rings is 1. The Morgan fingerprint density at radius 3 is 2.80 bits per heavy atom. The minimum atomic E-state index is -3.42. The van der Waals surface area contributed by atoms with Crippen molar-refractivity contribution in [1.82, 2.24) is 9.62 Å². The lowest BCUT2D eigenvalue weighted by atomic mass is 10.0. The molecule has 2 unspecified atom stereocenters. The molecular weight excluding hydrogens is 274 g/mol. The molecular formula is C14H19N3O2S. The maximum atomic E-state index is 12.5.